The van der Waals surface area contributed by atoms with Crippen LogP contribution >= 0.6 is 0 Å². The Labute approximate surface area is 183 Å². The van der Waals surface area contributed by atoms with Crippen molar-refractivity contribution in [3.63, 3.8) is 0 Å². The zero-order valence-corrected chi connectivity index (χ0v) is 17.4. The Bertz CT molecular complexity index is 887. The van der Waals surface area contributed by atoms with Gasteiger partial charge in [-0.15, -0.1) is 0 Å². The number of rotatable bonds is 9. The van der Waals surface area contributed by atoms with Gasteiger partial charge >= 0.3 is 0 Å². The maximum Gasteiger partial charge on any atom is 0.183 e. The van der Waals surface area contributed by atoms with Crippen LogP contribution in [0.25, 0.3) is 0 Å². The molecule has 0 bridgehead atoms. The summed E-state index contributed by atoms with van der Waals surface area (Å²) in [7, 11) is 0. The minimum atomic E-state index is -1.08. The highest BCUT2D eigenvalue weighted by molar-refractivity contribution is 5.15. The molecule has 0 radical (unpaired) electrons. The van der Waals surface area contributed by atoms with Crippen LogP contribution < -0.4 is 0 Å². The first-order chi connectivity index (χ1) is 15.3. The van der Waals surface area contributed by atoms with Gasteiger partial charge in [-0.05, 0) is 16.7 Å². The number of aliphatic hydroxyl groups excluding tert-OH is 1. The quantitative estimate of drug-likeness (QED) is 0.565. The molecule has 0 saturated carbocycles. The van der Waals surface area contributed by atoms with Gasteiger partial charge in [0.25, 0.3) is 0 Å². The Kier molecular flexibility index (Phi) is 7.82. The normalized spacial score (nSPS) is 23.5. The number of hydrogen-bond donors (Lipinski definition) is 1. The van der Waals surface area contributed by atoms with Gasteiger partial charge in [0, 0.05) is 0 Å². The Balaban J connectivity index is 1.46. The lowest BCUT2D eigenvalue weighted by molar-refractivity contribution is -0.286. The molecular weight excluding hydrogens is 392 g/mol. The van der Waals surface area contributed by atoms with Crippen molar-refractivity contribution in [1.82, 2.24) is 0 Å². The third-order valence-electron chi connectivity index (χ3n) is 5.28. The zero-order chi connectivity index (χ0) is 21.3. The van der Waals surface area contributed by atoms with Crippen LogP contribution in [0, 0.1) is 0 Å². The molecule has 0 aromatic heterocycles. The SMILES string of the molecule is OC1OC[C@H](OCc2ccccc2)[C@H](OCc2ccccc2)[C@H]1OCc1ccccc1. The van der Waals surface area contributed by atoms with Crippen LogP contribution in [0.4, 0.5) is 0 Å². The third kappa shape index (κ3) is 6.23. The van der Waals surface area contributed by atoms with E-state index in [2.05, 4.69) is 0 Å². The smallest absolute Gasteiger partial charge is 0.183 e. The van der Waals surface area contributed by atoms with Crippen LogP contribution in [0.3, 0.4) is 0 Å². The highest BCUT2D eigenvalue weighted by atomic mass is 16.7. The molecular formula is C26H28O5. The van der Waals surface area contributed by atoms with E-state index in [4.69, 9.17) is 18.9 Å². The Morgan fingerprint density at radius 2 is 1.03 bits per heavy atom. The van der Waals surface area contributed by atoms with Crippen molar-refractivity contribution < 1.29 is 24.1 Å². The summed E-state index contributed by atoms with van der Waals surface area (Å²) in [5.41, 5.74) is 3.13. The second-order valence-electron chi connectivity index (χ2n) is 7.58. The summed E-state index contributed by atoms with van der Waals surface area (Å²) < 4.78 is 24.1. The fourth-order valence-corrected chi connectivity index (χ4v) is 3.59. The molecule has 1 aliphatic heterocycles. The maximum atomic E-state index is 10.5. The summed E-state index contributed by atoms with van der Waals surface area (Å²) >= 11 is 0. The zero-order valence-electron chi connectivity index (χ0n) is 17.4. The minimum absolute atomic E-state index is 0.235. The van der Waals surface area contributed by atoms with Gasteiger partial charge in [-0.2, -0.15) is 0 Å². The van der Waals surface area contributed by atoms with Crippen molar-refractivity contribution in [2.75, 3.05) is 6.61 Å². The first kappa shape index (κ1) is 21.7. The monoisotopic (exact) mass is 420 g/mol. The third-order valence-corrected chi connectivity index (χ3v) is 5.28. The lowest BCUT2D eigenvalue weighted by Gasteiger charge is -2.40. The van der Waals surface area contributed by atoms with E-state index >= 15 is 0 Å². The van der Waals surface area contributed by atoms with Crippen molar-refractivity contribution in [3.05, 3.63) is 108 Å². The second kappa shape index (κ2) is 11.2. The molecule has 0 spiro atoms. The number of benzene rings is 3. The van der Waals surface area contributed by atoms with Crippen molar-refractivity contribution in [2.24, 2.45) is 0 Å². The molecule has 3 aromatic carbocycles. The van der Waals surface area contributed by atoms with Gasteiger partial charge in [-0.3, -0.25) is 0 Å². The van der Waals surface area contributed by atoms with Gasteiger partial charge in [0.1, 0.15) is 18.3 Å². The van der Waals surface area contributed by atoms with E-state index in [1.54, 1.807) is 0 Å². The fraction of sp³-hybridized carbons (Fsp3) is 0.308. The molecule has 3 aromatic rings. The average molecular weight is 421 g/mol. The molecule has 1 N–H and O–H groups in total. The Morgan fingerprint density at radius 1 is 0.613 bits per heavy atom. The molecule has 1 saturated heterocycles. The molecule has 0 aliphatic carbocycles. The van der Waals surface area contributed by atoms with Crippen molar-refractivity contribution in [1.29, 1.82) is 0 Å². The van der Waals surface area contributed by atoms with E-state index in [0.29, 0.717) is 19.8 Å². The molecule has 1 heterocycles. The van der Waals surface area contributed by atoms with Gasteiger partial charge in [-0.25, -0.2) is 0 Å². The van der Waals surface area contributed by atoms with Gasteiger partial charge in [0.2, 0.25) is 0 Å². The van der Waals surface area contributed by atoms with E-state index < -0.39 is 18.5 Å². The van der Waals surface area contributed by atoms with E-state index in [9.17, 15) is 5.11 Å². The minimum Gasteiger partial charge on any atom is -0.368 e. The molecule has 4 rings (SSSR count). The Hall–Kier alpha value is -2.54. The van der Waals surface area contributed by atoms with Crippen LogP contribution in [-0.4, -0.2) is 36.3 Å². The molecule has 31 heavy (non-hydrogen) atoms. The van der Waals surface area contributed by atoms with E-state index in [1.807, 2.05) is 91.0 Å². The predicted octanol–water partition coefficient (Wildman–Crippen LogP) is 4.09. The second-order valence-corrected chi connectivity index (χ2v) is 7.58. The van der Waals surface area contributed by atoms with Crippen LogP contribution in [0.5, 0.6) is 0 Å². The summed E-state index contributed by atoms with van der Waals surface area (Å²) in [5.74, 6) is 0. The summed E-state index contributed by atoms with van der Waals surface area (Å²) in [5, 5.41) is 10.5. The van der Waals surface area contributed by atoms with E-state index in [0.717, 1.165) is 16.7 Å². The highest BCUT2D eigenvalue weighted by Crippen LogP contribution is 2.25. The number of ether oxygens (including phenoxy) is 4. The first-order valence-electron chi connectivity index (χ1n) is 10.6. The molecule has 5 nitrogen and oxygen atoms in total. The molecule has 4 atom stereocenters. The van der Waals surface area contributed by atoms with Gasteiger partial charge in [0.15, 0.2) is 6.29 Å². The number of hydrogen-bond acceptors (Lipinski definition) is 5. The molecule has 162 valence electrons. The Morgan fingerprint density at radius 3 is 1.52 bits per heavy atom. The largest absolute Gasteiger partial charge is 0.368 e. The highest BCUT2D eigenvalue weighted by Gasteiger charge is 2.42. The standard InChI is InChI=1S/C26H28O5/c27-26-25(30-18-22-14-8-3-9-15-22)24(29-17-21-12-6-2-7-13-21)23(19-31-26)28-16-20-10-4-1-5-11-20/h1-15,23-27H,16-19H2/t23-,24-,25+,26?/m0/s1. The fourth-order valence-electron chi connectivity index (χ4n) is 3.59. The summed E-state index contributed by atoms with van der Waals surface area (Å²) in [6, 6.07) is 29.8. The molecule has 1 fully saturated rings. The van der Waals surface area contributed by atoms with Crippen LogP contribution in [-0.2, 0) is 38.8 Å². The predicted molar refractivity (Wildman–Crippen MR) is 117 cm³/mol. The molecule has 5 heteroatoms. The summed E-state index contributed by atoms with van der Waals surface area (Å²) in [6.45, 7) is 1.41. The van der Waals surface area contributed by atoms with Gasteiger partial charge < -0.3 is 24.1 Å². The van der Waals surface area contributed by atoms with Crippen LogP contribution in [0.15, 0.2) is 91.0 Å². The van der Waals surface area contributed by atoms with Gasteiger partial charge in [-0.1, -0.05) is 91.0 Å². The lowest BCUT2D eigenvalue weighted by Crippen LogP contribution is -2.56. The van der Waals surface area contributed by atoms with Crippen molar-refractivity contribution in [2.45, 2.75) is 44.4 Å². The maximum absolute atomic E-state index is 10.5. The summed E-state index contributed by atoms with van der Waals surface area (Å²) in [6.07, 6.45) is -2.59. The van der Waals surface area contributed by atoms with Gasteiger partial charge in [0.05, 0.1) is 26.4 Å². The number of aliphatic hydroxyl groups is 1. The van der Waals surface area contributed by atoms with Crippen LogP contribution in [0.1, 0.15) is 16.7 Å². The molecule has 0 amide bonds. The van der Waals surface area contributed by atoms with E-state index in [-0.39, 0.29) is 12.7 Å². The molecule has 1 aliphatic rings. The van der Waals surface area contributed by atoms with Crippen molar-refractivity contribution >= 4 is 0 Å². The van der Waals surface area contributed by atoms with E-state index in [1.165, 1.54) is 0 Å². The molecule has 1 unspecified atom stereocenters. The first-order valence-corrected chi connectivity index (χ1v) is 10.6. The van der Waals surface area contributed by atoms with Crippen molar-refractivity contribution in [3.8, 4) is 0 Å². The van der Waals surface area contributed by atoms with Crippen LogP contribution in [0.2, 0.25) is 0 Å². The lowest BCUT2D eigenvalue weighted by atomic mass is 10.0. The topological polar surface area (TPSA) is 57.2 Å². The average Bonchev–Trinajstić information content (AvgIpc) is 2.83. The summed E-state index contributed by atoms with van der Waals surface area (Å²) in [4.78, 5) is 0.